The van der Waals surface area contributed by atoms with Crippen LogP contribution in [0.5, 0.6) is 17.2 Å². The standard InChI is InChI=1S/C25H23ClN2O3/c1-3-12-28-15-18-13-21(27-25(29)17-4-6-20(26)7-5-17)8-10-23(18)31-24-11-9-22(30-2)14-19(24)16-28/h3-11,13-14H,1,12,15-16H2,2H3,(H,27,29). The Labute approximate surface area is 186 Å². The Balaban J connectivity index is 1.63. The van der Waals surface area contributed by atoms with Gasteiger partial charge in [-0.25, -0.2) is 0 Å². The lowest BCUT2D eigenvalue weighted by molar-refractivity contribution is 0.102. The lowest BCUT2D eigenvalue weighted by Gasteiger charge is -2.27. The number of hydrogen-bond acceptors (Lipinski definition) is 4. The minimum Gasteiger partial charge on any atom is -0.497 e. The molecule has 0 radical (unpaired) electrons. The number of hydrogen-bond donors (Lipinski definition) is 1. The van der Waals surface area contributed by atoms with Gasteiger partial charge in [0.25, 0.3) is 5.91 Å². The summed E-state index contributed by atoms with van der Waals surface area (Å²) < 4.78 is 11.6. The van der Waals surface area contributed by atoms with Gasteiger partial charge in [0.05, 0.1) is 7.11 Å². The van der Waals surface area contributed by atoms with Crippen molar-refractivity contribution in [3.05, 3.63) is 95.0 Å². The number of carbonyl (C=O) groups excluding carboxylic acids is 1. The first-order valence-electron chi connectivity index (χ1n) is 9.93. The Hall–Kier alpha value is -3.28. The number of fused-ring (bicyclic) bond motifs is 2. The van der Waals surface area contributed by atoms with Gasteiger partial charge in [-0.05, 0) is 60.7 Å². The van der Waals surface area contributed by atoms with Crippen molar-refractivity contribution in [2.75, 3.05) is 19.0 Å². The average molecular weight is 435 g/mol. The minimum absolute atomic E-state index is 0.191. The molecule has 4 rings (SSSR count). The third kappa shape index (κ3) is 4.90. The number of amides is 1. The fraction of sp³-hybridized carbons (Fsp3) is 0.160. The van der Waals surface area contributed by atoms with Crippen molar-refractivity contribution >= 4 is 23.2 Å². The van der Waals surface area contributed by atoms with Gasteiger partial charge in [0.2, 0.25) is 0 Å². The molecule has 1 amide bonds. The molecule has 1 N–H and O–H groups in total. The van der Waals surface area contributed by atoms with Gasteiger partial charge in [0, 0.05) is 47.0 Å². The van der Waals surface area contributed by atoms with Gasteiger partial charge in [0.15, 0.2) is 0 Å². The Kier molecular flexibility index (Phi) is 6.26. The number of benzene rings is 3. The monoisotopic (exact) mass is 434 g/mol. The summed E-state index contributed by atoms with van der Waals surface area (Å²) in [5.41, 5.74) is 3.28. The number of methoxy groups -OCH3 is 1. The number of rotatable bonds is 5. The van der Waals surface area contributed by atoms with Crippen molar-refractivity contribution < 1.29 is 14.3 Å². The molecule has 1 heterocycles. The topological polar surface area (TPSA) is 50.8 Å². The largest absolute Gasteiger partial charge is 0.497 e. The van der Waals surface area contributed by atoms with E-state index in [1.54, 1.807) is 31.4 Å². The van der Waals surface area contributed by atoms with Crippen LogP contribution in [0, 0.1) is 0 Å². The maximum atomic E-state index is 12.6. The van der Waals surface area contributed by atoms with Crippen LogP contribution in [0.25, 0.3) is 0 Å². The van der Waals surface area contributed by atoms with Gasteiger partial charge in [-0.15, -0.1) is 6.58 Å². The molecule has 0 unspecified atom stereocenters. The molecule has 6 heteroatoms. The molecular formula is C25H23ClN2O3. The molecule has 5 nitrogen and oxygen atoms in total. The molecule has 1 aliphatic heterocycles. The molecule has 0 aromatic heterocycles. The van der Waals surface area contributed by atoms with Crippen molar-refractivity contribution in [1.29, 1.82) is 0 Å². The summed E-state index contributed by atoms with van der Waals surface area (Å²) in [6, 6.07) is 18.3. The molecule has 0 spiro atoms. The Morgan fingerprint density at radius 3 is 2.45 bits per heavy atom. The summed E-state index contributed by atoms with van der Waals surface area (Å²) in [6.45, 7) is 5.96. The molecule has 158 valence electrons. The highest BCUT2D eigenvalue weighted by Gasteiger charge is 2.19. The quantitative estimate of drug-likeness (QED) is 0.508. The fourth-order valence-electron chi connectivity index (χ4n) is 3.56. The predicted octanol–water partition coefficient (Wildman–Crippen LogP) is 5.89. The number of nitrogens with zero attached hydrogens (tertiary/aromatic N) is 1. The molecular weight excluding hydrogens is 412 g/mol. The number of anilines is 1. The van der Waals surface area contributed by atoms with Gasteiger partial charge >= 0.3 is 0 Å². The molecule has 0 atom stereocenters. The molecule has 0 saturated heterocycles. The SMILES string of the molecule is C=CCN1Cc2cc(NC(=O)c3ccc(Cl)cc3)ccc2Oc2ccc(OC)cc2C1. The first-order chi connectivity index (χ1) is 15.1. The number of nitrogens with one attached hydrogen (secondary N) is 1. The molecule has 0 saturated carbocycles. The lowest BCUT2D eigenvalue weighted by Crippen LogP contribution is -2.25. The Morgan fingerprint density at radius 1 is 1.10 bits per heavy atom. The molecule has 0 aliphatic carbocycles. The zero-order valence-corrected chi connectivity index (χ0v) is 18.0. The van der Waals surface area contributed by atoms with E-state index in [1.807, 2.05) is 42.5 Å². The fourth-order valence-corrected chi connectivity index (χ4v) is 3.68. The van der Waals surface area contributed by atoms with Crippen molar-refractivity contribution in [2.24, 2.45) is 0 Å². The van der Waals surface area contributed by atoms with Gasteiger partial charge < -0.3 is 14.8 Å². The summed E-state index contributed by atoms with van der Waals surface area (Å²) in [7, 11) is 1.65. The minimum atomic E-state index is -0.191. The van der Waals surface area contributed by atoms with E-state index >= 15 is 0 Å². The maximum Gasteiger partial charge on any atom is 0.255 e. The predicted molar refractivity (Wildman–Crippen MR) is 123 cm³/mol. The molecule has 31 heavy (non-hydrogen) atoms. The van der Waals surface area contributed by atoms with E-state index in [9.17, 15) is 4.79 Å². The van der Waals surface area contributed by atoms with E-state index in [0.29, 0.717) is 29.4 Å². The Bertz CT molecular complexity index is 1110. The summed E-state index contributed by atoms with van der Waals surface area (Å²) in [4.78, 5) is 14.8. The first kappa shape index (κ1) is 21.0. The summed E-state index contributed by atoms with van der Waals surface area (Å²) in [5, 5.41) is 3.54. The lowest BCUT2D eigenvalue weighted by atomic mass is 10.1. The highest BCUT2D eigenvalue weighted by Crippen LogP contribution is 2.36. The van der Waals surface area contributed by atoms with Crippen LogP contribution >= 0.6 is 11.6 Å². The van der Waals surface area contributed by atoms with Crippen LogP contribution in [-0.4, -0.2) is 24.5 Å². The van der Waals surface area contributed by atoms with Crippen molar-refractivity contribution in [1.82, 2.24) is 4.90 Å². The average Bonchev–Trinajstić information content (AvgIpc) is 2.75. The van der Waals surface area contributed by atoms with E-state index < -0.39 is 0 Å². The summed E-state index contributed by atoms with van der Waals surface area (Å²) in [6.07, 6.45) is 1.88. The van der Waals surface area contributed by atoms with Crippen molar-refractivity contribution in [2.45, 2.75) is 13.1 Å². The maximum absolute atomic E-state index is 12.6. The van der Waals surface area contributed by atoms with Crippen molar-refractivity contribution in [3.8, 4) is 17.2 Å². The van der Waals surface area contributed by atoms with E-state index in [4.69, 9.17) is 21.1 Å². The normalized spacial score (nSPS) is 13.1. The second kappa shape index (κ2) is 9.25. The van der Waals surface area contributed by atoms with Gasteiger partial charge in [-0.2, -0.15) is 0 Å². The third-order valence-corrected chi connectivity index (χ3v) is 5.34. The Morgan fingerprint density at radius 2 is 1.77 bits per heavy atom. The van der Waals surface area contributed by atoms with Crippen LogP contribution in [0.3, 0.4) is 0 Å². The van der Waals surface area contributed by atoms with Gasteiger partial charge in [-0.1, -0.05) is 17.7 Å². The molecule has 3 aromatic rings. The van der Waals surface area contributed by atoms with E-state index in [-0.39, 0.29) is 5.91 Å². The molecule has 0 fully saturated rings. The van der Waals surface area contributed by atoms with E-state index in [1.165, 1.54) is 0 Å². The highest BCUT2D eigenvalue weighted by molar-refractivity contribution is 6.30. The molecule has 1 aliphatic rings. The van der Waals surface area contributed by atoms with Crippen LogP contribution in [0.15, 0.2) is 73.3 Å². The van der Waals surface area contributed by atoms with E-state index in [0.717, 1.165) is 34.9 Å². The van der Waals surface area contributed by atoms with Crippen molar-refractivity contribution in [3.63, 3.8) is 0 Å². The molecule has 0 bridgehead atoms. The summed E-state index contributed by atoms with van der Waals surface area (Å²) >= 11 is 5.91. The zero-order chi connectivity index (χ0) is 21.8. The molecule has 3 aromatic carbocycles. The third-order valence-electron chi connectivity index (χ3n) is 5.09. The van der Waals surface area contributed by atoms with Crippen LogP contribution < -0.4 is 14.8 Å². The van der Waals surface area contributed by atoms with Crippen LogP contribution in [0.4, 0.5) is 5.69 Å². The number of halogens is 1. The van der Waals surface area contributed by atoms with Gasteiger partial charge in [-0.3, -0.25) is 9.69 Å². The van der Waals surface area contributed by atoms with E-state index in [2.05, 4.69) is 16.8 Å². The second-order valence-corrected chi connectivity index (χ2v) is 7.75. The van der Waals surface area contributed by atoms with Crippen LogP contribution in [-0.2, 0) is 13.1 Å². The van der Waals surface area contributed by atoms with Gasteiger partial charge in [0.1, 0.15) is 17.2 Å². The number of carbonyl (C=O) groups is 1. The zero-order valence-electron chi connectivity index (χ0n) is 17.2. The smallest absolute Gasteiger partial charge is 0.255 e. The second-order valence-electron chi connectivity index (χ2n) is 7.32. The number of ether oxygens (including phenoxy) is 2. The highest BCUT2D eigenvalue weighted by atomic mass is 35.5. The first-order valence-corrected chi connectivity index (χ1v) is 10.3. The summed E-state index contributed by atoms with van der Waals surface area (Å²) in [5.74, 6) is 2.14. The van der Waals surface area contributed by atoms with Crippen LogP contribution in [0.1, 0.15) is 21.5 Å². The van der Waals surface area contributed by atoms with Crippen LogP contribution in [0.2, 0.25) is 5.02 Å².